The molecule has 0 spiro atoms. The summed E-state index contributed by atoms with van der Waals surface area (Å²) in [6.07, 6.45) is 2.20. The first-order valence-corrected chi connectivity index (χ1v) is 6.93. The Morgan fingerprint density at radius 1 is 1.26 bits per heavy atom. The van der Waals surface area contributed by atoms with Gasteiger partial charge >= 0.3 is 5.97 Å². The lowest BCUT2D eigenvalue weighted by atomic mass is 9.76. The van der Waals surface area contributed by atoms with Crippen LogP contribution in [0, 0.1) is 11.3 Å². The topological polar surface area (TPSA) is 92.4 Å². The number of carboxylic acids is 1. The molecule has 0 fully saturated rings. The van der Waals surface area contributed by atoms with Crippen LogP contribution in [0.2, 0.25) is 0 Å². The van der Waals surface area contributed by atoms with Crippen molar-refractivity contribution < 1.29 is 14.7 Å². The number of carboxylic acid groups (broad SMARTS) is 1. The van der Waals surface area contributed by atoms with Crippen molar-refractivity contribution in [2.45, 2.75) is 59.4 Å². The van der Waals surface area contributed by atoms with Gasteiger partial charge in [-0.3, -0.25) is 9.59 Å². The van der Waals surface area contributed by atoms with Gasteiger partial charge in [-0.1, -0.05) is 27.7 Å². The summed E-state index contributed by atoms with van der Waals surface area (Å²) in [5, 5.41) is 11.6. The molecule has 0 saturated heterocycles. The molecule has 0 aromatic rings. The third kappa shape index (κ3) is 7.82. The van der Waals surface area contributed by atoms with Crippen molar-refractivity contribution in [2.75, 3.05) is 6.54 Å². The second kappa shape index (κ2) is 8.15. The average Bonchev–Trinajstić information content (AvgIpc) is 2.30. The number of nitrogens with one attached hydrogen (secondary N) is 1. The van der Waals surface area contributed by atoms with Gasteiger partial charge in [0.2, 0.25) is 5.91 Å². The molecule has 0 aromatic heterocycles. The molecule has 0 aliphatic carbocycles. The molecule has 0 bridgehead atoms. The predicted octanol–water partition coefficient (Wildman–Crippen LogP) is 1.76. The maximum atomic E-state index is 11.5. The molecule has 0 radical (unpaired) electrons. The molecule has 0 aliphatic rings. The molecule has 0 saturated carbocycles. The first kappa shape index (κ1) is 17.9. The maximum Gasteiger partial charge on any atom is 0.303 e. The van der Waals surface area contributed by atoms with Gasteiger partial charge in [-0.2, -0.15) is 0 Å². The van der Waals surface area contributed by atoms with Crippen molar-refractivity contribution in [1.82, 2.24) is 5.32 Å². The fourth-order valence-electron chi connectivity index (χ4n) is 1.99. The van der Waals surface area contributed by atoms with Crippen LogP contribution >= 0.6 is 0 Å². The number of hydrogen-bond acceptors (Lipinski definition) is 3. The van der Waals surface area contributed by atoms with E-state index in [0.29, 0.717) is 19.4 Å². The highest BCUT2D eigenvalue weighted by Gasteiger charge is 2.25. The SMILES string of the molecule is CCC(N)C(=O)NCCC(CCC(=O)O)C(C)(C)C. The summed E-state index contributed by atoms with van der Waals surface area (Å²) in [5.74, 6) is -0.638. The van der Waals surface area contributed by atoms with E-state index in [0.717, 1.165) is 6.42 Å². The van der Waals surface area contributed by atoms with Crippen molar-refractivity contribution in [3.05, 3.63) is 0 Å². The van der Waals surface area contributed by atoms with Crippen molar-refractivity contribution in [2.24, 2.45) is 17.1 Å². The van der Waals surface area contributed by atoms with Crippen LogP contribution in [-0.4, -0.2) is 29.6 Å². The number of carbonyl (C=O) groups excluding carboxylic acids is 1. The first-order chi connectivity index (χ1) is 8.68. The zero-order chi connectivity index (χ0) is 15.1. The third-order valence-electron chi connectivity index (χ3n) is 3.50. The van der Waals surface area contributed by atoms with Gasteiger partial charge in [-0.05, 0) is 30.6 Å². The molecule has 112 valence electrons. The van der Waals surface area contributed by atoms with Gasteiger partial charge in [0, 0.05) is 13.0 Å². The minimum atomic E-state index is -0.772. The largest absolute Gasteiger partial charge is 0.481 e. The molecule has 0 heterocycles. The zero-order valence-corrected chi connectivity index (χ0v) is 12.5. The predicted molar refractivity (Wildman–Crippen MR) is 75.7 cm³/mol. The Hall–Kier alpha value is -1.10. The third-order valence-corrected chi connectivity index (χ3v) is 3.50. The van der Waals surface area contributed by atoms with E-state index in [2.05, 4.69) is 26.1 Å². The summed E-state index contributed by atoms with van der Waals surface area (Å²) >= 11 is 0. The summed E-state index contributed by atoms with van der Waals surface area (Å²) in [4.78, 5) is 22.2. The highest BCUT2D eigenvalue weighted by atomic mass is 16.4. The van der Waals surface area contributed by atoms with Gasteiger partial charge < -0.3 is 16.2 Å². The second-order valence-corrected chi connectivity index (χ2v) is 6.09. The van der Waals surface area contributed by atoms with E-state index >= 15 is 0 Å². The quantitative estimate of drug-likeness (QED) is 0.627. The van der Waals surface area contributed by atoms with Gasteiger partial charge in [0.15, 0.2) is 0 Å². The number of nitrogens with two attached hydrogens (primary N) is 1. The van der Waals surface area contributed by atoms with E-state index in [-0.39, 0.29) is 23.7 Å². The number of amides is 1. The van der Waals surface area contributed by atoms with Crippen molar-refractivity contribution in [3.8, 4) is 0 Å². The molecular formula is C14H28N2O3. The monoisotopic (exact) mass is 272 g/mol. The molecule has 2 atom stereocenters. The Labute approximate surface area is 115 Å². The molecule has 0 rings (SSSR count). The minimum Gasteiger partial charge on any atom is -0.481 e. The summed E-state index contributed by atoms with van der Waals surface area (Å²) in [5.41, 5.74) is 5.66. The van der Waals surface area contributed by atoms with Crippen molar-refractivity contribution in [3.63, 3.8) is 0 Å². The molecule has 4 N–H and O–H groups in total. The standard InChI is InChI=1S/C14H28N2O3/c1-5-11(15)13(19)16-9-8-10(14(2,3)4)6-7-12(17)18/h10-11H,5-9,15H2,1-4H3,(H,16,19)(H,17,18). The fourth-order valence-corrected chi connectivity index (χ4v) is 1.99. The summed E-state index contributed by atoms with van der Waals surface area (Å²) in [7, 11) is 0. The Morgan fingerprint density at radius 3 is 2.26 bits per heavy atom. The maximum absolute atomic E-state index is 11.5. The Bertz CT molecular complexity index is 298. The summed E-state index contributed by atoms with van der Waals surface area (Å²) < 4.78 is 0. The number of aliphatic carboxylic acids is 1. The van der Waals surface area contributed by atoms with E-state index in [1.54, 1.807) is 0 Å². The normalized spacial score (nSPS) is 14.8. The van der Waals surface area contributed by atoms with Crippen LogP contribution in [0.3, 0.4) is 0 Å². The lowest BCUT2D eigenvalue weighted by Gasteiger charge is -2.30. The van der Waals surface area contributed by atoms with Crippen LogP contribution in [0.25, 0.3) is 0 Å². The van der Waals surface area contributed by atoms with E-state index in [9.17, 15) is 9.59 Å². The van der Waals surface area contributed by atoms with Gasteiger partial charge in [-0.15, -0.1) is 0 Å². The zero-order valence-electron chi connectivity index (χ0n) is 12.5. The average molecular weight is 272 g/mol. The number of carbonyl (C=O) groups is 2. The number of hydrogen-bond donors (Lipinski definition) is 3. The van der Waals surface area contributed by atoms with Crippen LogP contribution in [-0.2, 0) is 9.59 Å². The first-order valence-electron chi connectivity index (χ1n) is 6.93. The van der Waals surface area contributed by atoms with E-state index in [4.69, 9.17) is 10.8 Å². The van der Waals surface area contributed by atoms with E-state index in [1.807, 2.05) is 6.92 Å². The fraction of sp³-hybridized carbons (Fsp3) is 0.857. The molecule has 0 aliphatic heterocycles. The highest BCUT2D eigenvalue weighted by Crippen LogP contribution is 2.32. The van der Waals surface area contributed by atoms with Crippen molar-refractivity contribution >= 4 is 11.9 Å². The summed E-state index contributed by atoms with van der Waals surface area (Å²) in [6.45, 7) is 8.71. The molecule has 5 heteroatoms. The molecule has 5 nitrogen and oxygen atoms in total. The Kier molecular flexibility index (Phi) is 7.68. The Balaban J connectivity index is 4.20. The van der Waals surface area contributed by atoms with Gasteiger partial charge in [-0.25, -0.2) is 0 Å². The van der Waals surface area contributed by atoms with Crippen LogP contribution in [0.15, 0.2) is 0 Å². The second-order valence-electron chi connectivity index (χ2n) is 6.09. The van der Waals surface area contributed by atoms with Crippen LogP contribution in [0.4, 0.5) is 0 Å². The van der Waals surface area contributed by atoms with Gasteiger partial charge in [0.05, 0.1) is 6.04 Å². The molecule has 19 heavy (non-hydrogen) atoms. The molecular weight excluding hydrogens is 244 g/mol. The molecule has 1 amide bonds. The van der Waals surface area contributed by atoms with Crippen LogP contribution in [0.5, 0.6) is 0 Å². The molecule has 2 unspecified atom stereocenters. The van der Waals surface area contributed by atoms with Gasteiger partial charge in [0.25, 0.3) is 0 Å². The molecule has 0 aromatic carbocycles. The Morgan fingerprint density at radius 2 is 1.84 bits per heavy atom. The number of rotatable bonds is 8. The lowest BCUT2D eigenvalue weighted by Crippen LogP contribution is -2.41. The minimum absolute atomic E-state index is 0.0348. The van der Waals surface area contributed by atoms with Crippen LogP contribution in [0.1, 0.15) is 53.4 Å². The summed E-state index contributed by atoms with van der Waals surface area (Å²) in [6, 6.07) is -0.452. The van der Waals surface area contributed by atoms with E-state index < -0.39 is 12.0 Å². The smallest absolute Gasteiger partial charge is 0.303 e. The highest BCUT2D eigenvalue weighted by molar-refractivity contribution is 5.81. The van der Waals surface area contributed by atoms with Crippen LogP contribution < -0.4 is 11.1 Å². The van der Waals surface area contributed by atoms with Crippen molar-refractivity contribution in [1.29, 1.82) is 0 Å². The van der Waals surface area contributed by atoms with Gasteiger partial charge in [0.1, 0.15) is 0 Å². The van der Waals surface area contributed by atoms with E-state index in [1.165, 1.54) is 0 Å². The lowest BCUT2D eigenvalue weighted by molar-refractivity contribution is -0.137.